The number of aliphatic imine (C=N–C) groups is 1. The quantitative estimate of drug-likeness (QED) is 0.201. The highest BCUT2D eigenvalue weighted by atomic mass is 127. The lowest BCUT2D eigenvalue weighted by Crippen LogP contribution is -2.53. The van der Waals surface area contributed by atoms with Gasteiger partial charge >= 0.3 is 0 Å². The van der Waals surface area contributed by atoms with E-state index in [2.05, 4.69) is 43.2 Å². The Labute approximate surface area is 190 Å². The second-order valence-corrected chi connectivity index (χ2v) is 7.56. The Morgan fingerprint density at radius 3 is 2.29 bits per heavy atom. The van der Waals surface area contributed by atoms with Crippen molar-refractivity contribution in [2.24, 2.45) is 16.8 Å². The van der Waals surface area contributed by atoms with Gasteiger partial charge in [-0.2, -0.15) is 0 Å². The van der Waals surface area contributed by atoms with Crippen molar-refractivity contribution in [2.75, 3.05) is 52.5 Å². The van der Waals surface area contributed by atoms with Gasteiger partial charge in [0.05, 0.1) is 13.2 Å². The van der Waals surface area contributed by atoms with E-state index in [-0.39, 0.29) is 30.6 Å². The van der Waals surface area contributed by atoms with Crippen LogP contribution < -0.4 is 10.6 Å². The van der Waals surface area contributed by atoms with Gasteiger partial charge in [-0.3, -0.25) is 9.89 Å². The standard InChI is InChI=1S/C21H44N4O2.HI/c1-5-9-18(10-13-26)16-23-21(22-8-4)24-17-20(19(6-2)7-3)25-11-14-27-15-12-25;/h18-20,26H,5-17H2,1-4H3,(H2,22,23,24);1H. The minimum Gasteiger partial charge on any atom is -0.396 e. The van der Waals surface area contributed by atoms with Crippen LogP contribution in [0.5, 0.6) is 0 Å². The fraction of sp³-hybridized carbons (Fsp3) is 0.952. The van der Waals surface area contributed by atoms with Gasteiger partial charge in [0.2, 0.25) is 0 Å². The Hall–Kier alpha value is -0.120. The summed E-state index contributed by atoms with van der Waals surface area (Å²) in [6.45, 7) is 15.4. The first-order valence-electron chi connectivity index (χ1n) is 11.1. The van der Waals surface area contributed by atoms with E-state index in [4.69, 9.17) is 9.73 Å². The summed E-state index contributed by atoms with van der Waals surface area (Å²) in [4.78, 5) is 7.41. The minimum absolute atomic E-state index is 0. The number of aliphatic hydroxyl groups is 1. The zero-order valence-electron chi connectivity index (χ0n) is 18.6. The molecule has 1 aliphatic heterocycles. The van der Waals surface area contributed by atoms with Crippen LogP contribution >= 0.6 is 24.0 Å². The number of halogens is 1. The molecule has 1 heterocycles. The number of nitrogens with one attached hydrogen (secondary N) is 2. The summed E-state index contributed by atoms with van der Waals surface area (Å²) >= 11 is 0. The summed E-state index contributed by atoms with van der Waals surface area (Å²) in [6, 6.07) is 0.511. The zero-order valence-corrected chi connectivity index (χ0v) is 20.9. The van der Waals surface area contributed by atoms with Gasteiger partial charge in [0.1, 0.15) is 0 Å². The van der Waals surface area contributed by atoms with Gasteiger partial charge in [-0.15, -0.1) is 24.0 Å². The minimum atomic E-state index is 0. The molecule has 0 saturated carbocycles. The molecule has 7 heteroatoms. The smallest absolute Gasteiger partial charge is 0.191 e. The van der Waals surface area contributed by atoms with Crippen LogP contribution in [0.25, 0.3) is 0 Å². The van der Waals surface area contributed by atoms with E-state index in [1.807, 2.05) is 0 Å². The first-order valence-corrected chi connectivity index (χ1v) is 11.1. The molecule has 0 aliphatic carbocycles. The topological polar surface area (TPSA) is 69.1 Å². The molecule has 28 heavy (non-hydrogen) atoms. The van der Waals surface area contributed by atoms with Crippen molar-refractivity contribution in [3.8, 4) is 0 Å². The normalized spacial score (nSPS) is 17.9. The molecular weight excluding hydrogens is 467 g/mol. The van der Waals surface area contributed by atoms with Crippen LogP contribution in [0.15, 0.2) is 4.99 Å². The average Bonchev–Trinajstić information content (AvgIpc) is 2.70. The van der Waals surface area contributed by atoms with Gasteiger partial charge in [0.15, 0.2) is 5.96 Å². The molecule has 0 amide bonds. The molecule has 0 radical (unpaired) electrons. The van der Waals surface area contributed by atoms with E-state index in [1.165, 1.54) is 12.8 Å². The lowest BCUT2D eigenvalue weighted by atomic mass is 9.92. The largest absolute Gasteiger partial charge is 0.396 e. The molecule has 0 aromatic heterocycles. The average molecular weight is 513 g/mol. The zero-order chi connectivity index (χ0) is 19.9. The molecule has 168 valence electrons. The third kappa shape index (κ3) is 10.6. The van der Waals surface area contributed by atoms with Crippen LogP contribution in [-0.2, 0) is 4.74 Å². The first-order chi connectivity index (χ1) is 13.2. The molecule has 2 atom stereocenters. The van der Waals surface area contributed by atoms with Gasteiger partial charge in [-0.25, -0.2) is 0 Å². The number of hydrogen-bond donors (Lipinski definition) is 3. The Bertz CT molecular complexity index is 383. The SMILES string of the molecule is CCCC(CCO)CN=C(NCC)NCC(C(CC)CC)N1CCOCC1.I. The number of nitrogens with zero attached hydrogens (tertiary/aromatic N) is 2. The van der Waals surface area contributed by atoms with E-state index in [0.717, 1.165) is 71.2 Å². The number of morpholine rings is 1. The highest BCUT2D eigenvalue weighted by Gasteiger charge is 2.27. The first kappa shape index (κ1) is 27.9. The van der Waals surface area contributed by atoms with Crippen LogP contribution in [0.3, 0.4) is 0 Å². The molecule has 2 unspecified atom stereocenters. The third-order valence-electron chi connectivity index (χ3n) is 5.67. The molecule has 1 saturated heterocycles. The Morgan fingerprint density at radius 2 is 1.75 bits per heavy atom. The van der Waals surface area contributed by atoms with Crippen molar-refractivity contribution in [2.45, 2.75) is 65.8 Å². The summed E-state index contributed by atoms with van der Waals surface area (Å²) in [6.07, 6.45) is 5.48. The maximum atomic E-state index is 9.27. The van der Waals surface area contributed by atoms with Crippen molar-refractivity contribution >= 4 is 29.9 Å². The number of ether oxygens (including phenoxy) is 1. The molecule has 1 rings (SSSR count). The van der Waals surface area contributed by atoms with Gasteiger partial charge in [-0.05, 0) is 31.6 Å². The number of aliphatic hydroxyl groups excluding tert-OH is 1. The third-order valence-corrected chi connectivity index (χ3v) is 5.67. The number of rotatable bonds is 13. The second kappa shape index (κ2) is 17.7. The lowest BCUT2D eigenvalue weighted by Gasteiger charge is -2.39. The molecule has 1 aliphatic rings. The molecule has 0 aromatic carbocycles. The van der Waals surface area contributed by atoms with Crippen LogP contribution in [0.1, 0.15) is 59.8 Å². The maximum Gasteiger partial charge on any atom is 0.191 e. The van der Waals surface area contributed by atoms with Crippen molar-refractivity contribution in [3.63, 3.8) is 0 Å². The van der Waals surface area contributed by atoms with Crippen LogP contribution in [0.2, 0.25) is 0 Å². The maximum absolute atomic E-state index is 9.27. The highest BCUT2D eigenvalue weighted by Crippen LogP contribution is 2.19. The molecule has 3 N–H and O–H groups in total. The van der Waals surface area contributed by atoms with Gasteiger partial charge in [-0.1, -0.05) is 40.0 Å². The molecule has 0 bridgehead atoms. The van der Waals surface area contributed by atoms with E-state index in [9.17, 15) is 5.11 Å². The summed E-state index contributed by atoms with van der Waals surface area (Å²) < 4.78 is 5.55. The van der Waals surface area contributed by atoms with Gasteiger partial charge < -0.3 is 20.5 Å². The highest BCUT2D eigenvalue weighted by molar-refractivity contribution is 14.0. The fourth-order valence-electron chi connectivity index (χ4n) is 4.02. The van der Waals surface area contributed by atoms with E-state index in [1.54, 1.807) is 0 Å². The molecule has 0 spiro atoms. The van der Waals surface area contributed by atoms with Crippen LogP contribution in [-0.4, -0.2) is 74.6 Å². The molecular formula is C21H45IN4O2. The molecule has 0 aromatic rings. The van der Waals surface area contributed by atoms with E-state index in [0.29, 0.717) is 17.9 Å². The molecule has 6 nitrogen and oxygen atoms in total. The number of hydrogen-bond acceptors (Lipinski definition) is 4. The van der Waals surface area contributed by atoms with Crippen molar-refractivity contribution in [3.05, 3.63) is 0 Å². The predicted octanol–water partition coefficient (Wildman–Crippen LogP) is 3.10. The monoisotopic (exact) mass is 512 g/mol. The number of guanidine groups is 1. The van der Waals surface area contributed by atoms with Gasteiger partial charge in [0.25, 0.3) is 0 Å². The summed E-state index contributed by atoms with van der Waals surface area (Å²) in [7, 11) is 0. The summed E-state index contributed by atoms with van der Waals surface area (Å²) in [5.41, 5.74) is 0. The second-order valence-electron chi connectivity index (χ2n) is 7.56. The predicted molar refractivity (Wildman–Crippen MR) is 130 cm³/mol. The van der Waals surface area contributed by atoms with Crippen LogP contribution in [0, 0.1) is 11.8 Å². The van der Waals surface area contributed by atoms with E-state index >= 15 is 0 Å². The van der Waals surface area contributed by atoms with Crippen molar-refractivity contribution < 1.29 is 9.84 Å². The Balaban J connectivity index is 0.00000729. The summed E-state index contributed by atoms with van der Waals surface area (Å²) in [5, 5.41) is 16.3. The van der Waals surface area contributed by atoms with Crippen molar-refractivity contribution in [1.29, 1.82) is 0 Å². The van der Waals surface area contributed by atoms with Gasteiger partial charge in [0, 0.05) is 45.4 Å². The fourth-order valence-corrected chi connectivity index (χ4v) is 4.02. The van der Waals surface area contributed by atoms with Crippen molar-refractivity contribution in [1.82, 2.24) is 15.5 Å². The van der Waals surface area contributed by atoms with E-state index < -0.39 is 0 Å². The van der Waals surface area contributed by atoms with Crippen LogP contribution in [0.4, 0.5) is 0 Å². The Kier molecular flexibility index (Phi) is 17.6. The summed E-state index contributed by atoms with van der Waals surface area (Å²) in [5.74, 6) is 2.05. The lowest BCUT2D eigenvalue weighted by molar-refractivity contribution is 0.00272. The Morgan fingerprint density at radius 1 is 1.07 bits per heavy atom. The molecule has 1 fully saturated rings.